The second kappa shape index (κ2) is 6.10. The summed E-state index contributed by atoms with van der Waals surface area (Å²) in [6, 6.07) is 7.97. The van der Waals surface area contributed by atoms with Crippen molar-refractivity contribution < 1.29 is 9.31 Å². The lowest BCUT2D eigenvalue weighted by Gasteiger charge is -2.32. The number of fused-ring (bicyclic) bond motifs is 1. The fourth-order valence-corrected chi connectivity index (χ4v) is 2.97. The first kappa shape index (κ1) is 17.3. The molecule has 1 aliphatic heterocycles. The molecule has 6 heteroatoms. The number of anilines is 1. The van der Waals surface area contributed by atoms with Crippen molar-refractivity contribution in [1.29, 1.82) is 0 Å². The summed E-state index contributed by atoms with van der Waals surface area (Å²) in [4.78, 5) is 4.31. The summed E-state index contributed by atoms with van der Waals surface area (Å²) in [5.41, 5.74) is 7.19. The number of benzene rings is 1. The minimum absolute atomic E-state index is 0.374. The van der Waals surface area contributed by atoms with Gasteiger partial charge in [-0.3, -0.25) is 0 Å². The molecule has 2 aromatic rings. The van der Waals surface area contributed by atoms with Crippen LogP contribution < -0.4 is 5.73 Å². The molecule has 4 nitrogen and oxygen atoms in total. The van der Waals surface area contributed by atoms with Gasteiger partial charge < -0.3 is 15.0 Å². The van der Waals surface area contributed by atoms with Crippen LogP contribution in [0.3, 0.4) is 0 Å². The Morgan fingerprint density at radius 3 is 2.33 bits per heavy atom. The van der Waals surface area contributed by atoms with Crippen molar-refractivity contribution in [2.75, 3.05) is 11.5 Å². The zero-order chi connectivity index (χ0) is 17.5. The highest BCUT2D eigenvalue weighted by Crippen LogP contribution is 2.39. The van der Waals surface area contributed by atoms with E-state index >= 15 is 0 Å². The average molecular weight is 342 g/mol. The van der Waals surface area contributed by atoms with E-state index in [1.165, 1.54) is 0 Å². The molecule has 0 aliphatic carbocycles. The van der Waals surface area contributed by atoms with Gasteiger partial charge in [-0.05, 0) is 38.6 Å². The lowest BCUT2D eigenvalue weighted by atomic mass is 9.78. The third-order valence-electron chi connectivity index (χ3n) is 4.94. The number of thiol groups is 1. The number of pyridine rings is 1. The van der Waals surface area contributed by atoms with E-state index in [0.29, 0.717) is 11.6 Å². The predicted molar refractivity (Wildman–Crippen MR) is 104 cm³/mol. The van der Waals surface area contributed by atoms with E-state index < -0.39 is 7.12 Å². The highest BCUT2D eigenvalue weighted by Gasteiger charge is 2.52. The Balaban J connectivity index is 2.03. The number of nitrogen functional groups attached to an aromatic ring is 1. The van der Waals surface area contributed by atoms with Crippen LogP contribution in [0.5, 0.6) is 0 Å². The molecule has 126 valence electrons. The van der Waals surface area contributed by atoms with E-state index in [9.17, 15) is 0 Å². The number of nitrogens with two attached hydrogens (primary N) is 1. The molecule has 0 radical (unpaired) electrons. The number of aromatic nitrogens is 1. The predicted octanol–water partition coefficient (Wildman–Crippen LogP) is 3.76. The van der Waals surface area contributed by atoms with Crippen LogP contribution in [0.15, 0.2) is 35.9 Å². The van der Waals surface area contributed by atoms with Gasteiger partial charge in [-0.25, -0.2) is 4.98 Å². The smallest absolute Gasteiger partial charge is 0.400 e. The number of nitrogens with zero attached hydrogens (tertiary/aromatic N) is 1. The van der Waals surface area contributed by atoms with Crippen LogP contribution in [0.25, 0.3) is 16.8 Å². The molecule has 0 bridgehead atoms. The molecule has 3 rings (SSSR count). The van der Waals surface area contributed by atoms with Crippen LogP contribution in [0.1, 0.15) is 33.3 Å². The monoisotopic (exact) mass is 342 g/mol. The first-order valence-corrected chi connectivity index (χ1v) is 8.68. The first-order chi connectivity index (χ1) is 11.2. The number of hydrogen-bond acceptors (Lipinski definition) is 5. The third kappa shape index (κ3) is 2.94. The Labute approximate surface area is 149 Å². The van der Waals surface area contributed by atoms with E-state index in [-0.39, 0.29) is 11.2 Å². The molecule has 2 heterocycles. The summed E-state index contributed by atoms with van der Waals surface area (Å²) in [5, 5.41) is 2.00. The molecule has 1 aromatic carbocycles. The Morgan fingerprint density at radius 1 is 1.17 bits per heavy atom. The zero-order valence-electron chi connectivity index (χ0n) is 14.5. The lowest BCUT2D eigenvalue weighted by Crippen LogP contribution is -2.41. The molecule has 24 heavy (non-hydrogen) atoms. The van der Waals surface area contributed by atoms with E-state index in [1.54, 1.807) is 6.20 Å². The molecule has 0 spiro atoms. The summed E-state index contributed by atoms with van der Waals surface area (Å²) in [5.74, 6) is 1.07. The Bertz CT molecular complexity index is 789. The Hall–Kier alpha value is -1.50. The molecule has 0 atom stereocenters. The van der Waals surface area contributed by atoms with Crippen molar-refractivity contribution in [3.63, 3.8) is 0 Å². The topological polar surface area (TPSA) is 57.4 Å². The molecular weight excluding hydrogens is 319 g/mol. The maximum Gasteiger partial charge on any atom is 0.491 e. The van der Waals surface area contributed by atoms with Crippen molar-refractivity contribution >= 4 is 42.4 Å². The van der Waals surface area contributed by atoms with Gasteiger partial charge in [-0.1, -0.05) is 30.3 Å². The van der Waals surface area contributed by atoms with Crippen molar-refractivity contribution in [1.82, 2.24) is 4.98 Å². The summed E-state index contributed by atoms with van der Waals surface area (Å²) in [7, 11) is -0.413. The number of rotatable bonds is 3. The molecule has 1 aliphatic rings. The van der Waals surface area contributed by atoms with Crippen LogP contribution in [0, 0.1) is 0 Å². The summed E-state index contributed by atoms with van der Waals surface area (Å²) in [6.45, 7) is 8.18. The van der Waals surface area contributed by atoms with Gasteiger partial charge in [-0.2, -0.15) is 12.6 Å². The van der Waals surface area contributed by atoms with Gasteiger partial charge >= 0.3 is 7.12 Å². The van der Waals surface area contributed by atoms with Crippen molar-refractivity contribution in [3.05, 3.63) is 41.5 Å². The normalized spacial score (nSPS) is 19.9. The molecule has 0 amide bonds. The zero-order valence-corrected chi connectivity index (χ0v) is 15.4. The van der Waals surface area contributed by atoms with Gasteiger partial charge in [0.15, 0.2) is 0 Å². The van der Waals surface area contributed by atoms with Gasteiger partial charge in [0, 0.05) is 22.9 Å². The second-order valence-electron chi connectivity index (χ2n) is 7.11. The molecule has 0 unspecified atom stereocenters. The van der Waals surface area contributed by atoms with Crippen LogP contribution in [0.4, 0.5) is 5.82 Å². The third-order valence-corrected chi connectivity index (χ3v) is 5.30. The molecule has 0 saturated carbocycles. The van der Waals surface area contributed by atoms with E-state index in [1.807, 2.05) is 58.0 Å². The van der Waals surface area contributed by atoms with Crippen LogP contribution >= 0.6 is 12.6 Å². The summed E-state index contributed by atoms with van der Waals surface area (Å²) >= 11 is 4.48. The molecule has 1 saturated heterocycles. The Kier molecular flexibility index (Phi) is 4.40. The van der Waals surface area contributed by atoms with Crippen molar-refractivity contribution in [2.45, 2.75) is 38.9 Å². The maximum absolute atomic E-state index is 6.14. The molecule has 1 fully saturated rings. The number of hydrogen-bond donors (Lipinski definition) is 2. The van der Waals surface area contributed by atoms with E-state index in [0.717, 1.165) is 21.8 Å². The van der Waals surface area contributed by atoms with Crippen LogP contribution in [-0.2, 0) is 9.31 Å². The fourth-order valence-electron chi connectivity index (χ4n) is 2.73. The molecular formula is C18H23BN2O2S. The van der Waals surface area contributed by atoms with Gasteiger partial charge in [0.05, 0.1) is 11.2 Å². The average Bonchev–Trinajstić information content (AvgIpc) is 2.75. The second-order valence-corrected chi connectivity index (χ2v) is 7.43. The van der Waals surface area contributed by atoms with Gasteiger partial charge in [0.25, 0.3) is 0 Å². The quantitative estimate of drug-likeness (QED) is 0.659. The highest BCUT2D eigenvalue weighted by atomic mass is 32.1. The van der Waals surface area contributed by atoms with Crippen molar-refractivity contribution in [3.8, 4) is 0 Å². The van der Waals surface area contributed by atoms with Crippen LogP contribution in [0.2, 0.25) is 0 Å². The molecule has 1 aromatic heterocycles. The summed E-state index contributed by atoms with van der Waals surface area (Å²) < 4.78 is 12.3. The maximum atomic E-state index is 6.14. The first-order valence-electron chi connectivity index (χ1n) is 8.05. The minimum Gasteiger partial charge on any atom is -0.400 e. The van der Waals surface area contributed by atoms with Crippen LogP contribution in [-0.4, -0.2) is 29.1 Å². The largest absolute Gasteiger partial charge is 0.491 e. The molecule has 2 N–H and O–H groups in total. The van der Waals surface area contributed by atoms with E-state index in [2.05, 4.69) is 17.6 Å². The lowest BCUT2D eigenvalue weighted by molar-refractivity contribution is 0.00578. The fraction of sp³-hybridized carbons (Fsp3) is 0.389. The minimum atomic E-state index is -0.413. The van der Waals surface area contributed by atoms with Crippen molar-refractivity contribution in [2.24, 2.45) is 0 Å². The van der Waals surface area contributed by atoms with Gasteiger partial charge in [-0.15, -0.1) is 0 Å². The standard InChI is InChI=1S/C18H23BN2O2S/c1-17(2)18(3,4)23-19(22-17)13(11-24)9-12-10-21-16(20)15-8-6-5-7-14(12)15/h5-10,24H,11H2,1-4H3,(H2,20,21). The van der Waals surface area contributed by atoms with Gasteiger partial charge in [0.2, 0.25) is 0 Å². The Morgan fingerprint density at radius 2 is 1.75 bits per heavy atom. The van der Waals surface area contributed by atoms with Gasteiger partial charge in [0.1, 0.15) is 5.82 Å². The SMILES string of the molecule is CC1(C)OB(C(=Cc2cnc(N)c3ccccc23)CS)OC1(C)C. The highest BCUT2D eigenvalue weighted by molar-refractivity contribution is 7.80. The summed E-state index contributed by atoms with van der Waals surface area (Å²) in [6.07, 6.45) is 3.83. The van der Waals surface area contributed by atoms with E-state index in [4.69, 9.17) is 15.0 Å².